The Kier molecular flexibility index (Phi) is 10.8. The molecule has 0 radical (unpaired) electrons. The summed E-state index contributed by atoms with van der Waals surface area (Å²) in [5.74, 6) is -3.35. The Labute approximate surface area is 173 Å². The number of aliphatic carboxylic acids is 2. The number of aliphatic hydroxyl groups excluding tert-OH is 1. The molecule has 0 aliphatic heterocycles. The van der Waals surface area contributed by atoms with Crippen molar-refractivity contribution in [3.63, 3.8) is 0 Å². The predicted octanol–water partition coefficient (Wildman–Crippen LogP) is 2.96. The number of hydrogen-bond donors (Lipinski definition) is 4. The minimum atomic E-state index is -1.82. The normalized spacial score (nSPS) is 12.4. The van der Waals surface area contributed by atoms with Crippen LogP contribution in [0.3, 0.4) is 0 Å². The number of ketones is 1. The SMILES string of the molecule is C[C@H](CCc1ccc(C(=O)CCCc2ccccc2)s1)C(N)O.O=C(O)C(=O)O. The van der Waals surface area contributed by atoms with Gasteiger partial charge < -0.3 is 21.1 Å². The third-order valence-corrected chi connectivity index (χ3v) is 5.45. The maximum atomic E-state index is 12.2. The van der Waals surface area contributed by atoms with Gasteiger partial charge in [0.05, 0.1) is 4.88 Å². The molecular weight excluding hydrogens is 394 g/mol. The van der Waals surface area contributed by atoms with Gasteiger partial charge >= 0.3 is 11.9 Å². The third-order valence-electron chi connectivity index (χ3n) is 4.26. The molecular formula is C21H27NO6S. The molecule has 1 aromatic carbocycles. The summed E-state index contributed by atoms with van der Waals surface area (Å²) in [4.78, 5) is 32.5. The molecule has 1 unspecified atom stereocenters. The molecule has 0 spiro atoms. The van der Waals surface area contributed by atoms with Gasteiger partial charge in [-0.1, -0.05) is 37.3 Å². The number of hydrogen-bond acceptors (Lipinski definition) is 6. The van der Waals surface area contributed by atoms with Crippen LogP contribution in [0.4, 0.5) is 0 Å². The first-order chi connectivity index (χ1) is 13.7. The van der Waals surface area contributed by atoms with Gasteiger partial charge in [0.1, 0.15) is 6.23 Å². The van der Waals surface area contributed by atoms with Crippen LogP contribution in [0.15, 0.2) is 42.5 Å². The van der Waals surface area contributed by atoms with Crippen molar-refractivity contribution < 1.29 is 29.7 Å². The molecule has 8 heteroatoms. The lowest BCUT2D eigenvalue weighted by Gasteiger charge is -2.13. The second kappa shape index (κ2) is 12.8. The van der Waals surface area contributed by atoms with Crippen LogP contribution in [0.25, 0.3) is 0 Å². The van der Waals surface area contributed by atoms with E-state index in [9.17, 15) is 9.90 Å². The molecule has 7 nitrogen and oxygen atoms in total. The number of aryl methyl sites for hydroxylation is 2. The molecule has 0 aliphatic rings. The summed E-state index contributed by atoms with van der Waals surface area (Å²) in [6.45, 7) is 1.94. The minimum absolute atomic E-state index is 0.0714. The Morgan fingerprint density at radius 1 is 1.00 bits per heavy atom. The van der Waals surface area contributed by atoms with Crippen molar-refractivity contribution in [3.05, 3.63) is 57.8 Å². The van der Waals surface area contributed by atoms with E-state index in [1.54, 1.807) is 11.3 Å². The molecule has 0 saturated carbocycles. The molecule has 5 N–H and O–H groups in total. The minimum Gasteiger partial charge on any atom is -0.473 e. The van der Waals surface area contributed by atoms with E-state index in [0.717, 1.165) is 30.6 Å². The van der Waals surface area contributed by atoms with Crippen LogP contribution < -0.4 is 5.73 Å². The molecule has 0 aliphatic carbocycles. The van der Waals surface area contributed by atoms with Gasteiger partial charge in [-0.25, -0.2) is 9.59 Å². The van der Waals surface area contributed by atoms with Crippen LogP contribution in [0.1, 0.15) is 46.3 Å². The van der Waals surface area contributed by atoms with Crippen LogP contribution in [0, 0.1) is 5.92 Å². The number of aliphatic hydroxyl groups is 1. The third kappa shape index (κ3) is 9.98. The van der Waals surface area contributed by atoms with Gasteiger partial charge in [-0.2, -0.15) is 0 Å². The topological polar surface area (TPSA) is 138 Å². The molecule has 0 amide bonds. The highest BCUT2D eigenvalue weighted by Crippen LogP contribution is 2.22. The summed E-state index contributed by atoms with van der Waals surface area (Å²) < 4.78 is 0. The Bertz CT molecular complexity index is 775. The molecule has 2 rings (SSSR count). The summed E-state index contributed by atoms with van der Waals surface area (Å²) in [5.41, 5.74) is 6.74. The Morgan fingerprint density at radius 2 is 1.62 bits per heavy atom. The summed E-state index contributed by atoms with van der Waals surface area (Å²) in [7, 11) is 0. The fourth-order valence-electron chi connectivity index (χ4n) is 2.42. The first kappa shape index (κ1) is 24.5. The van der Waals surface area contributed by atoms with E-state index >= 15 is 0 Å². The van der Waals surface area contributed by atoms with E-state index in [-0.39, 0.29) is 11.7 Å². The summed E-state index contributed by atoms with van der Waals surface area (Å²) in [5, 5.41) is 24.1. The highest BCUT2D eigenvalue weighted by Gasteiger charge is 2.12. The van der Waals surface area contributed by atoms with E-state index in [1.165, 1.54) is 10.4 Å². The predicted molar refractivity (Wildman–Crippen MR) is 111 cm³/mol. The van der Waals surface area contributed by atoms with Gasteiger partial charge in [0.15, 0.2) is 5.78 Å². The van der Waals surface area contributed by atoms with Crippen LogP contribution in [-0.2, 0) is 22.4 Å². The molecule has 1 aromatic heterocycles. The highest BCUT2D eigenvalue weighted by molar-refractivity contribution is 7.14. The number of carbonyl (C=O) groups is 3. The van der Waals surface area contributed by atoms with E-state index < -0.39 is 18.2 Å². The van der Waals surface area contributed by atoms with Crippen LogP contribution in [0.5, 0.6) is 0 Å². The summed E-state index contributed by atoms with van der Waals surface area (Å²) in [6, 6.07) is 14.2. The smallest absolute Gasteiger partial charge is 0.414 e. The van der Waals surface area contributed by atoms with Crippen LogP contribution in [-0.4, -0.2) is 39.3 Å². The molecule has 1 heterocycles. The maximum Gasteiger partial charge on any atom is 0.414 e. The van der Waals surface area contributed by atoms with Gasteiger partial charge in [-0.3, -0.25) is 4.79 Å². The average Bonchev–Trinajstić information content (AvgIpc) is 3.16. The lowest BCUT2D eigenvalue weighted by molar-refractivity contribution is -0.159. The average molecular weight is 422 g/mol. The van der Waals surface area contributed by atoms with E-state index in [2.05, 4.69) is 12.1 Å². The van der Waals surface area contributed by atoms with Crippen LogP contribution in [0.2, 0.25) is 0 Å². The number of carbonyl (C=O) groups excluding carboxylic acids is 1. The maximum absolute atomic E-state index is 12.2. The van der Waals surface area contributed by atoms with Gasteiger partial charge in [0.25, 0.3) is 0 Å². The number of nitrogens with two attached hydrogens (primary N) is 1. The van der Waals surface area contributed by atoms with Crippen molar-refractivity contribution in [1.82, 2.24) is 0 Å². The zero-order valence-corrected chi connectivity index (χ0v) is 17.1. The molecule has 0 fully saturated rings. The molecule has 0 saturated heterocycles. The van der Waals surface area contributed by atoms with Crippen molar-refractivity contribution in [2.24, 2.45) is 11.7 Å². The molecule has 2 aromatic rings. The Morgan fingerprint density at radius 3 is 2.17 bits per heavy atom. The fourth-order valence-corrected chi connectivity index (χ4v) is 3.41. The molecule has 29 heavy (non-hydrogen) atoms. The lowest BCUT2D eigenvalue weighted by Crippen LogP contribution is -2.27. The van der Waals surface area contributed by atoms with Crippen molar-refractivity contribution in [3.8, 4) is 0 Å². The number of Topliss-reactive ketones (excluding diaryl/α,β-unsaturated/α-hetero) is 1. The zero-order chi connectivity index (χ0) is 21.8. The number of benzene rings is 1. The Balaban J connectivity index is 0.000000612. The summed E-state index contributed by atoms with van der Waals surface area (Å²) >= 11 is 1.57. The van der Waals surface area contributed by atoms with Gasteiger partial charge in [-0.15, -0.1) is 11.3 Å². The van der Waals surface area contributed by atoms with E-state index in [0.29, 0.717) is 6.42 Å². The largest absolute Gasteiger partial charge is 0.473 e. The first-order valence-corrected chi connectivity index (χ1v) is 10.1. The number of carboxylic acids is 2. The molecule has 0 bridgehead atoms. The Hall–Kier alpha value is -2.55. The van der Waals surface area contributed by atoms with Crippen molar-refractivity contribution >= 4 is 29.1 Å². The molecule has 2 atom stereocenters. The second-order valence-electron chi connectivity index (χ2n) is 6.65. The number of thiophene rings is 1. The van der Waals surface area contributed by atoms with Gasteiger partial charge in [-0.05, 0) is 49.3 Å². The summed E-state index contributed by atoms with van der Waals surface area (Å²) in [6.07, 6.45) is 3.33. The van der Waals surface area contributed by atoms with E-state index in [1.807, 2.05) is 37.3 Å². The fraction of sp³-hybridized carbons (Fsp3) is 0.381. The standard InChI is InChI=1S/C19H25NO2S.C2H2O4/c1-14(19(20)22)10-11-16-12-13-18(23-16)17(21)9-5-8-15-6-3-2-4-7-15;3-1(4)2(5)6/h2-4,6-7,12-14,19,22H,5,8-11,20H2,1H3;(H,3,4)(H,5,6)/t14-,19?;/m1./s1. The number of carboxylic acid groups (broad SMARTS) is 2. The second-order valence-corrected chi connectivity index (χ2v) is 7.81. The quantitative estimate of drug-likeness (QED) is 0.277. The first-order valence-electron chi connectivity index (χ1n) is 9.26. The monoisotopic (exact) mass is 421 g/mol. The van der Waals surface area contributed by atoms with Gasteiger partial charge in [0, 0.05) is 11.3 Å². The zero-order valence-electron chi connectivity index (χ0n) is 16.3. The van der Waals surface area contributed by atoms with Crippen LogP contribution >= 0.6 is 11.3 Å². The lowest BCUT2D eigenvalue weighted by atomic mass is 10.0. The van der Waals surface area contributed by atoms with E-state index in [4.69, 9.17) is 25.5 Å². The van der Waals surface area contributed by atoms with Crippen molar-refractivity contribution in [1.29, 1.82) is 0 Å². The molecule has 158 valence electrons. The van der Waals surface area contributed by atoms with Crippen molar-refractivity contribution in [2.75, 3.05) is 0 Å². The van der Waals surface area contributed by atoms with Gasteiger partial charge in [0.2, 0.25) is 0 Å². The van der Waals surface area contributed by atoms with Crippen molar-refractivity contribution in [2.45, 2.75) is 45.3 Å². The highest BCUT2D eigenvalue weighted by atomic mass is 32.1. The number of rotatable bonds is 9.